The number of aromatic nitrogens is 2. The third kappa shape index (κ3) is 1.47. The molecule has 3 nitrogen and oxygen atoms in total. The second-order valence-electron chi connectivity index (χ2n) is 1.31. The van der Waals surface area contributed by atoms with Crippen LogP contribution in [0.1, 0.15) is 5.82 Å². The molecule has 1 rings (SSSR count). The maximum Gasteiger partial charge on any atom is 0.233 e. The lowest BCUT2D eigenvalue weighted by atomic mass is 10.6. The Hall–Kier alpha value is -0.950. The Morgan fingerprint density at radius 3 is 2.89 bits per heavy atom. The van der Waals surface area contributed by atoms with Crippen LogP contribution >= 0.6 is 15.9 Å². The Labute approximate surface area is 60.5 Å². The van der Waals surface area contributed by atoms with Crippen molar-refractivity contribution < 1.29 is 0 Å². The maximum absolute atomic E-state index is 8.27. The average molecular weight is 184 g/mol. The summed E-state index contributed by atoms with van der Waals surface area (Å²) >= 11 is 3.10. The summed E-state index contributed by atoms with van der Waals surface area (Å²) in [5.74, 6) is 0.185. The SMILES string of the molecule is N#Cc1nccc(Br)n1. The molecule has 0 N–H and O–H groups in total. The lowest BCUT2D eigenvalue weighted by molar-refractivity contribution is 1.09. The van der Waals surface area contributed by atoms with Crippen LogP contribution in [0.3, 0.4) is 0 Å². The Morgan fingerprint density at radius 2 is 2.44 bits per heavy atom. The normalized spacial score (nSPS) is 8.44. The fourth-order valence-electron chi connectivity index (χ4n) is 0.391. The highest BCUT2D eigenvalue weighted by atomic mass is 79.9. The molecule has 0 saturated carbocycles. The fourth-order valence-corrected chi connectivity index (χ4v) is 0.677. The third-order valence-electron chi connectivity index (χ3n) is 0.722. The van der Waals surface area contributed by atoms with Crippen molar-refractivity contribution in [2.45, 2.75) is 0 Å². The highest BCUT2D eigenvalue weighted by molar-refractivity contribution is 9.10. The van der Waals surface area contributed by atoms with E-state index >= 15 is 0 Å². The molecule has 0 aliphatic heterocycles. The van der Waals surface area contributed by atoms with Gasteiger partial charge in [0.2, 0.25) is 5.82 Å². The second kappa shape index (κ2) is 2.55. The van der Waals surface area contributed by atoms with E-state index in [1.54, 1.807) is 6.07 Å². The lowest BCUT2D eigenvalue weighted by Crippen LogP contribution is -1.85. The van der Waals surface area contributed by atoms with Crippen molar-refractivity contribution in [3.8, 4) is 6.07 Å². The number of hydrogen-bond acceptors (Lipinski definition) is 3. The van der Waals surface area contributed by atoms with Crippen molar-refractivity contribution in [2.24, 2.45) is 0 Å². The summed E-state index contributed by atoms with van der Waals surface area (Å²) in [5, 5.41) is 8.27. The topological polar surface area (TPSA) is 49.6 Å². The van der Waals surface area contributed by atoms with Gasteiger partial charge in [0.05, 0.1) is 0 Å². The third-order valence-corrected chi connectivity index (χ3v) is 1.16. The van der Waals surface area contributed by atoms with Crippen molar-refractivity contribution in [1.29, 1.82) is 5.26 Å². The minimum atomic E-state index is 0.185. The van der Waals surface area contributed by atoms with Gasteiger partial charge in [0.15, 0.2) is 0 Å². The van der Waals surface area contributed by atoms with Crippen molar-refractivity contribution in [2.75, 3.05) is 0 Å². The largest absolute Gasteiger partial charge is 0.233 e. The van der Waals surface area contributed by atoms with Crippen LogP contribution in [-0.4, -0.2) is 9.97 Å². The zero-order chi connectivity index (χ0) is 6.69. The molecule has 0 amide bonds. The van der Waals surface area contributed by atoms with E-state index in [-0.39, 0.29) is 5.82 Å². The Morgan fingerprint density at radius 1 is 1.67 bits per heavy atom. The van der Waals surface area contributed by atoms with E-state index in [0.29, 0.717) is 4.60 Å². The summed E-state index contributed by atoms with van der Waals surface area (Å²) in [6.45, 7) is 0. The summed E-state index contributed by atoms with van der Waals surface area (Å²) in [7, 11) is 0. The zero-order valence-electron chi connectivity index (χ0n) is 4.37. The van der Waals surface area contributed by atoms with Crippen LogP contribution in [-0.2, 0) is 0 Å². The first-order valence-corrected chi connectivity index (χ1v) is 3.01. The monoisotopic (exact) mass is 183 g/mol. The van der Waals surface area contributed by atoms with Crippen LogP contribution < -0.4 is 0 Å². The van der Waals surface area contributed by atoms with Gasteiger partial charge in [-0.25, -0.2) is 9.97 Å². The molecule has 1 aromatic heterocycles. The highest BCUT2D eigenvalue weighted by Crippen LogP contribution is 2.01. The molecule has 0 aliphatic carbocycles. The summed E-state index contributed by atoms with van der Waals surface area (Å²) in [6, 6.07) is 3.48. The van der Waals surface area contributed by atoms with E-state index in [9.17, 15) is 0 Å². The predicted octanol–water partition coefficient (Wildman–Crippen LogP) is 1.11. The van der Waals surface area contributed by atoms with Crippen molar-refractivity contribution in [1.82, 2.24) is 9.97 Å². The number of halogens is 1. The Bertz CT molecular complexity index is 253. The van der Waals surface area contributed by atoms with E-state index in [1.807, 2.05) is 6.07 Å². The number of rotatable bonds is 0. The molecule has 0 aliphatic rings. The number of nitrogens with zero attached hydrogens (tertiary/aromatic N) is 3. The molecule has 9 heavy (non-hydrogen) atoms. The molecular formula is C5H2BrN3. The molecule has 1 aromatic rings. The smallest absolute Gasteiger partial charge is 0.227 e. The van der Waals surface area contributed by atoms with Gasteiger partial charge in [-0.3, -0.25) is 0 Å². The minimum absolute atomic E-state index is 0.185. The number of nitriles is 1. The summed E-state index contributed by atoms with van der Waals surface area (Å²) in [5.41, 5.74) is 0. The van der Waals surface area contributed by atoms with Gasteiger partial charge in [0.1, 0.15) is 10.7 Å². The Kier molecular flexibility index (Phi) is 1.75. The van der Waals surface area contributed by atoms with Crippen LogP contribution in [0.5, 0.6) is 0 Å². The average Bonchev–Trinajstić information content (AvgIpc) is 1.88. The molecule has 4 heteroatoms. The van der Waals surface area contributed by atoms with Gasteiger partial charge in [-0.05, 0) is 22.0 Å². The summed E-state index contributed by atoms with van der Waals surface area (Å²) in [4.78, 5) is 7.39. The molecule has 0 aromatic carbocycles. The predicted molar refractivity (Wildman–Crippen MR) is 34.4 cm³/mol. The molecular weight excluding hydrogens is 182 g/mol. The van der Waals surface area contributed by atoms with Gasteiger partial charge >= 0.3 is 0 Å². The van der Waals surface area contributed by atoms with Crippen molar-refractivity contribution in [3.05, 3.63) is 22.7 Å². The first-order chi connectivity index (χ1) is 4.33. The van der Waals surface area contributed by atoms with Gasteiger partial charge < -0.3 is 0 Å². The Balaban J connectivity index is 3.12. The van der Waals surface area contributed by atoms with Crippen LogP contribution in [0.2, 0.25) is 0 Å². The van der Waals surface area contributed by atoms with E-state index in [4.69, 9.17) is 5.26 Å². The van der Waals surface area contributed by atoms with Gasteiger partial charge in [0.25, 0.3) is 0 Å². The first kappa shape index (κ1) is 6.17. The van der Waals surface area contributed by atoms with Crippen LogP contribution in [0.15, 0.2) is 16.9 Å². The van der Waals surface area contributed by atoms with Gasteiger partial charge in [-0.2, -0.15) is 5.26 Å². The van der Waals surface area contributed by atoms with Gasteiger partial charge in [-0.1, -0.05) is 0 Å². The lowest BCUT2D eigenvalue weighted by Gasteiger charge is -1.85. The van der Waals surface area contributed by atoms with Gasteiger partial charge in [-0.15, -0.1) is 0 Å². The molecule has 0 bridgehead atoms. The van der Waals surface area contributed by atoms with E-state index in [2.05, 4.69) is 25.9 Å². The highest BCUT2D eigenvalue weighted by Gasteiger charge is 1.90. The fraction of sp³-hybridized carbons (Fsp3) is 0. The number of hydrogen-bond donors (Lipinski definition) is 0. The zero-order valence-corrected chi connectivity index (χ0v) is 5.96. The van der Waals surface area contributed by atoms with Crippen LogP contribution in [0, 0.1) is 11.3 Å². The summed E-state index contributed by atoms with van der Waals surface area (Å²) < 4.78 is 0.633. The van der Waals surface area contributed by atoms with Gasteiger partial charge in [0, 0.05) is 6.20 Å². The molecule has 0 unspecified atom stereocenters. The van der Waals surface area contributed by atoms with Crippen molar-refractivity contribution >= 4 is 15.9 Å². The molecule has 0 radical (unpaired) electrons. The van der Waals surface area contributed by atoms with Crippen molar-refractivity contribution in [3.63, 3.8) is 0 Å². The molecule has 0 atom stereocenters. The molecule has 0 saturated heterocycles. The van der Waals surface area contributed by atoms with Crippen LogP contribution in [0.4, 0.5) is 0 Å². The van der Waals surface area contributed by atoms with E-state index in [1.165, 1.54) is 6.20 Å². The summed E-state index contributed by atoms with van der Waals surface area (Å²) in [6.07, 6.45) is 1.52. The minimum Gasteiger partial charge on any atom is -0.227 e. The molecule has 0 fully saturated rings. The second-order valence-corrected chi connectivity index (χ2v) is 2.13. The molecule has 1 heterocycles. The standard InChI is InChI=1S/C5H2BrN3/c6-4-1-2-8-5(3-7)9-4/h1-2H. The quantitative estimate of drug-likeness (QED) is 0.567. The van der Waals surface area contributed by atoms with E-state index < -0.39 is 0 Å². The first-order valence-electron chi connectivity index (χ1n) is 2.21. The maximum atomic E-state index is 8.27. The molecule has 44 valence electrons. The molecule has 0 spiro atoms. The van der Waals surface area contributed by atoms with Crippen LogP contribution in [0.25, 0.3) is 0 Å². The van der Waals surface area contributed by atoms with E-state index in [0.717, 1.165) is 0 Å².